The Morgan fingerprint density at radius 1 is 1.43 bits per heavy atom. The Morgan fingerprint density at radius 2 is 2.29 bits per heavy atom. The molecule has 2 heterocycles. The largest absolute Gasteiger partial charge is 0.368 e. The lowest BCUT2D eigenvalue weighted by atomic mass is 10.7. The van der Waals surface area contributed by atoms with E-state index in [-0.39, 0.29) is 5.95 Å². The van der Waals surface area contributed by atoms with Gasteiger partial charge in [0.25, 0.3) is 0 Å². The molecule has 72 valence electrons. The fraction of sp³-hybridized carbons (Fsp3) is 0. The van der Waals surface area contributed by atoms with E-state index in [4.69, 9.17) is 17.3 Å². The fourth-order valence-corrected chi connectivity index (χ4v) is 2.28. The molecule has 5 nitrogen and oxygen atoms in total. The Kier molecular flexibility index (Phi) is 2.80. The summed E-state index contributed by atoms with van der Waals surface area (Å²) in [7, 11) is 0. The molecule has 0 spiro atoms. The molecule has 2 N–H and O–H groups in total. The lowest BCUT2D eigenvalue weighted by Crippen LogP contribution is -1.95. The molecule has 2 aromatic rings. The van der Waals surface area contributed by atoms with Crippen molar-refractivity contribution < 1.29 is 0 Å². The second-order valence-electron chi connectivity index (χ2n) is 2.19. The van der Waals surface area contributed by atoms with Gasteiger partial charge < -0.3 is 5.73 Å². The number of anilines is 1. The van der Waals surface area contributed by atoms with Gasteiger partial charge in [0.05, 0.1) is 11.2 Å². The third-order valence-corrected chi connectivity index (χ3v) is 3.36. The van der Waals surface area contributed by atoms with Gasteiger partial charge in [0.15, 0.2) is 4.34 Å². The number of nitrogens with zero attached hydrogens (tertiary/aromatic N) is 4. The lowest BCUT2D eigenvalue weighted by molar-refractivity contribution is 1.06. The number of nitrogens with two attached hydrogens (primary N) is 1. The van der Waals surface area contributed by atoms with E-state index < -0.39 is 0 Å². The molecule has 0 saturated heterocycles. The van der Waals surface area contributed by atoms with Crippen LogP contribution in [-0.4, -0.2) is 19.3 Å². The highest BCUT2D eigenvalue weighted by molar-refractivity contribution is 8.01. The minimum absolute atomic E-state index is 0.196. The van der Waals surface area contributed by atoms with E-state index in [0.29, 0.717) is 10.0 Å². The zero-order chi connectivity index (χ0) is 9.97. The number of nitrogen functional groups attached to an aromatic ring is 1. The highest BCUT2D eigenvalue weighted by atomic mass is 35.5. The zero-order valence-corrected chi connectivity index (χ0v) is 9.10. The van der Waals surface area contributed by atoms with Crippen molar-refractivity contribution >= 4 is 40.8 Å². The van der Waals surface area contributed by atoms with Crippen molar-refractivity contribution in [3.05, 3.63) is 17.5 Å². The molecule has 0 radical (unpaired) electrons. The van der Waals surface area contributed by atoms with E-state index in [0.717, 1.165) is 4.34 Å². The third kappa shape index (κ3) is 2.11. The molecule has 0 aliphatic heterocycles. The van der Waals surface area contributed by atoms with Crippen LogP contribution in [0.3, 0.4) is 0 Å². The highest BCUT2D eigenvalue weighted by Crippen LogP contribution is 2.31. The molecule has 2 aromatic heterocycles. The Labute approximate surface area is 92.9 Å². The maximum atomic E-state index is 5.87. The molecule has 0 aliphatic rings. The number of hydrogen-bond acceptors (Lipinski definition) is 7. The molecule has 0 bridgehead atoms. The Hall–Kier alpha value is -0.920. The minimum atomic E-state index is 0.196. The van der Waals surface area contributed by atoms with Gasteiger partial charge in [0, 0.05) is 0 Å². The van der Waals surface area contributed by atoms with E-state index in [1.165, 1.54) is 35.8 Å². The van der Waals surface area contributed by atoms with Crippen LogP contribution in [-0.2, 0) is 0 Å². The second-order valence-corrected chi connectivity index (χ2v) is 4.61. The van der Waals surface area contributed by atoms with Crippen LogP contribution in [0.25, 0.3) is 0 Å². The summed E-state index contributed by atoms with van der Waals surface area (Å²) in [4.78, 5) is 11.7. The predicted octanol–water partition coefficient (Wildman–Crippen LogP) is 1.71. The number of aromatic nitrogens is 4. The monoisotopic (exact) mass is 245 g/mol. The summed E-state index contributed by atoms with van der Waals surface area (Å²) in [5, 5.41) is 1.05. The van der Waals surface area contributed by atoms with Crippen molar-refractivity contribution in [2.45, 2.75) is 9.37 Å². The van der Waals surface area contributed by atoms with Crippen molar-refractivity contribution in [3.8, 4) is 0 Å². The van der Waals surface area contributed by atoms with E-state index >= 15 is 0 Å². The van der Waals surface area contributed by atoms with E-state index in [2.05, 4.69) is 19.3 Å². The van der Waals surface area contributed by atoms with Gasteiger partial charge in [-0.05, 0) is 23.3 Å². The van der Waals surface area contributed by atoms with Crippen LogP contribution in [0.2, 0.25) is 5.02 Å². The Morgan fingerprint density at radius 3 is 3.00 bits per heavy atom. The topological polar surface area (TPSA) is 77.6 Å². The average molecular weight is 246 g/mol. The summed E-state index contributed by atoms with van der Waals surface area (Å²) in [6, 6.07) is 0. The van der Waals surface area contributed by atoms with E-state index in [1.54, 1.807) is 0 Å². The van der Waals surface area contributed by atoms with E-state index in [1.807, 2.05) is 0 Å². The number of halogens is 1. The van der Waals surface area contributed by atoms with Crippen LogP contribution in [0.1, 0.15) is 0 Å². The second kappa shape index (κ2) is 4.07. The minimum Gasteiger partial charge on any atom is -0.368 e. The number of hydrogen-bond donors (Lipinski definition) is 1. The van der Waals surface area contributed by atoms with Crippen LogP contribution in [0.4, 0.5) is 5.95 Å². The normalized spacial score (nSPS) is 10.4. The van der Waals surface area contributed by atoms with Crippen LogP contribution < -0.4 is 5.73 Å². The third-order valence-electron chi connectivity index (χ3n) is 1.26. The zero-order valence-electron chi connectivity index (χ0n) is 6.72. The van der Waals surface area contributed by atoms with Gasteiger partial charge in [-0.1, -0.05) is 11.6 Å². The lowest BCUT2D eigenvalue weighted by Gasteiger charge is -1.99. The van der Waals surface area contributed by atoms with Gasteiger partial charge in [-0.15, -0.1) is 0 Å². The first kappa shape index (κ1) is 9.63. The molecule has 0 amide bonds. The quantitative estimate of drug-likeness (QED) is 0.812. The van der Waals surface area contributed by atoms with Crippen molar-refractivity contribution in [1.29, 1.82) is 0 Å². The molecule has 2 rings (SSSR count). The smallest absolute Gasteiger partial charge is 0.221 e. The van der Waals surface area contributed by atoms with Gasteiger partial charge in [0.2, 0.25) is 5.95 Å². The molecule has 0 fully saturated rings. The van der Waals surface area contributed by atoms with Gasteiger partial charge in [0.1, 0.15) is 11.4 Å². The van der Waals surface area contributed by atoms with Gasteiger partial charge in [-0.25, -0.2) is 15.0 Å². The summed E-state index contributed by atoms with van der Waals surface area (Å²) in [5.74, 6) is 0.196. The van der Waals surface area contributed by atoms with Crippen molar-refractivity contribution in [1.82, 2.24) is 19.3 Å². The fourth-order valence-electron chi connectivity index (χ4n) is 0.727. The Balaban J connectivity index is 2.28. The summed E-state index contributed by atoms with van der Waals surface area (Å²) < 4.78 is 4.63. The van der Waals surface area contributed by atoms with Gasteiger partial charge in [-0.3, -0.25) is 0 Å². The van der Waals surface area contributed by atoms with Crippen molar-refractivity contribution in [2.75, 3.05) is 5.73 Å². The van der Waals surface area contributed by atoms with E-state index in [9.17, 15) is 0 Å². The SMILES string of the molecule is Nc1ncc(Cl)c(Sc2ncns2)n1. The Bertz CT molecular complexity index is 432. The molecule has 0 saturated carbocycles. The first-order valence-electron chi connectivity index (χ1n) is 3.48. The first-order chi connectivity index (χ1) is 6.75. The summed E-state index contributed by atoms with van der Waals surface area (Å²) in [5.41, 5.74) is 5.43. The van der Waals surface area contributed by atoms with Crippen molar-refractivity contribution in [3.63, 3.8) is 0 Å². The first-order valence-corrected chi connectivity index (χ1v) is 5.45. The average Bonchev–Trinajstić information content (AvgIpc) is 2.64. The highest BCUT2D eigenvalue weighted by Gasteiger charge is 2.07. The summed E-state index contributed by atoms with van der Waals surface area (Å²) >= 11 is 8.46. The molecule has 8 heteroatoms. The van der Waals surface area contributed by atoms with Crippen LogP contribution in [0, 0.1) is 0 Å². The van der Waals surface area contributed by atoms with Crippen LogP contribution in [0.15, 0.2) is 21.9 Å². The predicted molar refractivity (Wildman–Crippen MR) is 55.5 cm³/mol. The van der Waals surface area contributed by atoms with Crippen LogP contribution >= 0.6 is 34.9 Å². The molecular formula is C6H4ClN5S2. The van der Waals surface area contributed by atoms with Crippen LogP contribution in [0.5, 0.6) is 0 Å². The maximum Gasteiger partial charge on any atom is 0.221 e. The summed E-state index contributed by atoms with van der Waals surface area (Å²) in [6.45, 7) is 0. The van der Waals surface area contributed by atoms with Gasteiger partial charge >= 0.3 is 0 Å². The molecule has 0 aliphatic carbocycles. The molecule has 0 unspecified atom stereocenters. The molecule has 0 atom stereocenters. The van der Waals surface area contributed by atoms with Crippen molar-refractivity contribution in [2.24, 2.45) is 0 Å². The molecule has 0 aromatic carbocycles. The molecular weight excluding hydrogens is 242 g/mol. The number of rotatable bonds is 2. The summed E-state index contributed by atoms with van der Waals surface area (Å²) in [6.07, 6.45) is 2.94. The maximum absolute atomic E-state index is 5.87. The molecule has 14 heavy (non-hydrogen) atoms. The standard InChI is InChI=1S/C6H4ClN5S2/c7-3-1-9-5(8)12-4(3)13-6-10-2-11-14-6/h1-2H,(H2,8,9,12). The van der Waals surface area contributed by atoms with Gasteiger partial charge in [-0.2, -0.15) is 4.37 Å².